The molecule has 0 unspecified atom stereocenters. The van der Waals surface area contributed by atoms with E-state index in [9.17, 15) is 0 Å². The van der Waals surface area contributed by atoms with Crippen molar-refractivity contribution in [2.45, 2.75) is 58.9 Å². The van der Waals surface area contributed by atoms with Crippen molar-refractivity contribution >= 4 is 0 Å². The molecule has 0 bridgehead atoms. The van der Waals surface area contributed by atoms with Gasteiger partial charge >= 0.3 is 0 Å². The van der Waals surface area contributed by atoms with E-state index >= 15 is 0 Å². The first kappa shape index (κ1) is 10.8. The van der Waals surface area contributed by atoms with Crippen LogP contribution in [0.1, 0.15) is 49.9 Å². The van der Waals surface area contributed by atoms with Gasteiger partial charge in [0.25, 0.3) is 0 Å². The molecule has 1 aromatic heterocycles. The highest BCUT2D eigenvalue weighted by Crippen LogP contribution is 2.27. The fourth-order valence-electron chi connectivity index (χ4n) is 2.84. The second kappa shape index (κ2) is 4.87. The molecular weight excluding hydrogens is 182 g/mol. The van der Waals surface area contributed by atoms with Crippen LogP contribution in [0.15, 0.2) is 12.1 Å². The van der Waals surface area contributed by atoms with Gasteiger partial charge in [-0.1, -0.05) is 32.1 Å². The minimum Gasteiger partial charge on any atom is -0.349 e. The molecule has 84 valence electrons. The lowest BCUT2D eigenvalue weighted by atomic mass is 9.87. The Morgan fingerprint density at radius 1 is 1.07 bits per heavy atom. The van der Waals surface area contributed by atoms with E-state index in [-0.39, 0.29) is 0 Å². The third-order valence-electron chi connectivity index (χ3n) is 3.90. The maximum atomic E-state index is 2.47. The molecule has 0 amide bonds. The van der Waals surface area contributed by atoms with Crippen molar-refractivity contribution in [2.75, 3.05) is 0 Å². The third-order valence-corrected chi connectivity index (χ3v) is 3.90. The molecule has 1 nitrogen and oxygen atoms in total. The van der Waals surface area contributed by atoms with Crippen molar-refractivity contribution < 1.29 is 0 Å². The molecule has 1 fully saturated rings. The zero-order valence-corrected chi connectivity index (χ0v) is 10.1. The largest absolute Gasteiger partial charge is 0.349 e. The lowest BCUT2D eigenvalue weighted by molar-refractivity contribution is 0.322. The van der Waals surface area contributed by atoms with Gasteiger partial charge < -0.3 is 4.57 Å². The van der Waals surface area contributed by atoms with Gasteiger partial charge in [-0.3, -0.25) is 0 Å². The monoisotopic (exact) mass is 205 g/mol. The highest BCUT2D eigenvalue weighted by atomic mass is 15.0. The normalized spacial score (nSPS) is 18.3. The molecule has 0 saturated heterocycles. The van der Waals surface area contributed by atoms with E-state index in [1.54, 1.807) is 0 Å². The van der Waals surface area contributed by atoms with Crippen LogP contribution in [0.3, 0.4) is 0 Å². The molecule has 0 aromatic carbocycles. The number of aromatic nitrogens is 1. The van der Waals surface area contributed by atoms with Crippen molar-refractivity contribution in [3.8, 4) is 0 Å². The predicted octanol–water partition coefficient (Wildman–Crippen LogP) is 4.08. The Morgan fingerprint density at radius 2 is 1.67 bits per heavy atom. The van der Waals surface area contributed by atoms with E-state index in [1.807, 2.05) is 0 Å². The summed E-state index contributed by atoms with van der Waals surface area (Å²) in [5, 5.41) is 0. The summed E-state index contributed by atoms with van der Waals surface area (Å²) in [6.45, 7) is 5.66. The molecule has 0 N–H and O–H groups in total. The van der Waals surface area contributed by atoms with Crippen LogP contribution in [-0.4, -0.2) is 4.57 Å². The minimum absolute atomic E-state index is 1.000. The average molecular weight is 205 g/mol. The molecule has 0 aliphatic heterocycles. The number of nitrogens with zero attached hydrogens (tertiary/aromatic N) is 1. The van der Waals surface area contributed by atoms with Crippen LogP contribution >= 0.6 is 0 Å². The second-order valence-corrected chi connectivity index (χ2v) is 5.06. The predicted molar refractivity (Wildman–Crippen MR) is 65.1 cm³/mol. The summed E-state index contributed by atoms with van der Waals surface area (Å²) in [6, 6.07) is 4.46. The highest BCUT2D eigenvalue weighted by Gasteiger charge is 2.13. The van der Waals surface area contributed by atoms with E-state index in [4.69, 9.17) is 0 Å². The first-order chi connectivity index (χ1) is 7.27. The molecule has 1 aromatic rings. The summed E-state index contributed by atoms with van der Waals surface area (Å²) in [4.78, 5) is 0. The molecule has 1 aliphatic rings. The zero-order valence-electron chi connectivity index (χ0n) is 10.1. The van der Waals surface area contributed by atoms with Crippen molar-refractivity contribution in [2.24, 2.45) is 5.92 Å². The quantitative estimate of drug-likeness (QED) is 0.701. The van der Waals surface area contributed by atoms with Crippen LogP contribution < -0.4 is 0 Å². The summed E-state index contributed by atoms with van der Waals surface area (Å²) < 4.78 is 2.47. The van der Waals surface area contributed by atoms with Crippen molar-refractivity contribution in [1.82, 2.24) is 4.57 Å². The molecule has 0 radical (unpaired) electrons. The summed E-state index contributed by atoms with van der Waals surface area (Å²) in [5.41, 5.74) is 2.84. The van der Waals surface area contributed by atoms with E-state index in [0.717, 1.165) is 5.92 Å². The van der Waals surface area contributed by atoms with Gasteiger partial charge in [0.2, 0.25) is 0 Å². The van der Waals surface area contributed by atoms with Gasteiger partial charge in [0, 0.05) is 17.9 Å². The number of rotatable bonds is 3. The molecule has 2 rings (SSSR count). The van der Waals surface area contributed by atoms with Gasteiger partial charge in [0.05, 0.1) is 0 Å². The van der Waals surface area contributed by atoms with E-state index in [1.165, 1.54) is 56.5 Å². The number of aryl methyl sites for hydroxylation is 2. The SMILES string of the molecule is Cc1ccc(C)n1CCC1CCCCC1. The topological polar surface area (TPSA) is 4.93 Å². The fraction of sp³-hybridized carbons (Fsp3) is 0.714. The minimum atomic E-state index is 1.000. The van der Waals surface area contributed by atoms with E-state index in [2.05, 4.69) is 30.5 Å². The Kier molecular flexibility index (Phi) is 3.50. The maximum Gasteiger partial charge on any atom is 0.0227 e. The van der Waals surface area contributed by atoms with Gasteiger partial charge in [-0.25, -0.2) is 0 Å². The van der Waals surface area contributed by atoms with Crippen LogP contribution in [-0.2, 0) is 6.54 Å². The second-order valence-electron chi connectivity index (χ2n) is 5.06. The Bertz CT molecular complexity index is 286. The molecule has 1 heterocycles. The third kappa shape index (κ3) is 2.64. The smallest absolute Gasteiger partial charge is 0.0227 e. The van der Waals surface area contributed by atoms with Gasteiger partial charge in [0.1, 0.15) is 0 Å². The zero-order chi connectivity index (χ0) is 10.7. The van der Waals surface area contributed by atoms with E-state index < -0.39 is 0 Å². The molecule has 1 heteroatoms. The van der Waals surface area contributed by atoms with Crippen LogP contribution in [0.25, 0.3) is 0 Å². The van der Waals surface area contributed by atoms with Crippen molar-refractivity contribution in [1.29, 1.82) is 0 Å². The van der Waals surface area contributed by atoms with Crippen molar-refractivity contribution in [3.05, 3.63) is 23.5 Å². The van der Waals surface area contributed by atoms with Crippen LogP contribution in [0.5, 0.6) is 0 Å². The van der Waals surface area contributed by atoms with E-state index in [0.29, 0.717) is 0 Å². The molecule has 0 atom stereocenters. The summed E-state index contributed by atoms with van der Waals surface area (Å²) in [6.07, 6.45) is 8.73. The molecule has 0 spiro atoms. The van der Waals surface area contributed by atoms with Crippen molar-refractivity contribution in [3.63, 3.8) is 0 Å². The van der Waals surface area contributed by atoms with Crippen LogP contribution in [0, 0.1) is 19.8 Å². The average Bonchev–Trinajstić information content (AvgIpc) is 2.58. The standard InChI is InChI=1S/C14H23N/c1-12-8-9-13(2)15(12)11-10-14-6-4-3-5-7-14/h8-9,14H,3-7,10-11H2,1-2H3. The maximum absolute atomic E-state index is 2.47. The Morgan fingerprint density at radius 3 is 2.27 bits per heavy atom. The number of hydrogen-bond acceptors (Lipinski definition) is 0. The lowest BCUT2D eigenvalue weighted by Crippen LogP contribution is -2.11. The Hall–Kier alpha value is -0.720. The Balaban J connectivity index is 1.87. The summed E-state index contributed by atoms with van der Waals surface area (Å²) in [5.74, 6) is 1.000. The lowest BCUT2D eigenvalue weighted by Gasteiger charge is -2.22. The van der Waals surface area contributed by atoms with Crippen LogP contribution in [0.4, 0.5) is 0 Å². The van der Waals surface area contributed by atoms with Gasteiger partial charge in [0.15, 0.2) is 0 Å². The fourth-order valence-corrected chi connectivity index (χ4v) is 2.84. The summed E-state index contributed by atoms with van der Waals surface area (Å²) >= 11 is 0. The molecule has 15 heavy (non-hydrogen) atoms. The van der Waals surface area contributed by atoms with Gasteiger partial charge in [-0.15, -0.1) is 0 Å². The first-order valence-corrected chi connectivity index (χ1v) is 6.40. The van der Waals surface area contributed by atoms with Crippen LogP contribution in [0.2, 0.25) is 0 Å². The molecule has 1 aliphatic carbocycles. The molecule has 1 saturated carbocycles. The number of hydrogen-bond donors (Lipinski definition) is 0. The highest BCUT2D eigenvalue weighted by molar-refractivity contribution is 5.13. The first-order valence-electron chi connectivity index (χ1n) is 6.40. The van der Waals surface area contributed by atoms with Gasteiger partial charge in [-0.2, -0.15) is 0 Å². The van der Waals surface area contributed by atoms with Gasteiger partial charge in [-0.05, 0) is 38.3 Å². The summed E-state index contributed by atoms with van der Waals surface area (Å²) in [7, 11) is 0. The Labute approximate surface area is 93.5 Å². The molecular formula is C14H23N.